The van der Waals surface area contributed by atoms with Crippen LogP contribution in [-0.4, -0.2) is 58.0 Å². The predicted molar refractivity (Wildman–Crippen MR) is 226 cm³/mol. The monoisotopic (exact) mass is 835 g/mol. The fourth-order valence-corrected chi connectivity index (χ4v) is 17.1. The lowest BCUT2D eigenvalue weighted by Gasteiger charge is -2.62. The average Bonchev–Trinajstić information content (AvgIpc) is 3.74. The van der Waals surface area contributed by atoms with E-state index in [1.165, 1.54) is 19.3 Å². The molecule has 0 aromatic rings. The van der Waals surface area contributed by atoms with Gasteiger partial charge in [-0.05, 0) is 185 Å². The van der Waals surface area contributed by atoms with Crippen molar-refractivity contribution in [2.75, 3.05) is 0 Å². The Morgan fingerprint density at radius 2 is 1.23 bits per heavy atom. The quantitative estimate of drug-likeness (QED) is 0.135. The normalized spacial score (nSPS) is 43.1. The van der Waals surface area contributed by atoms with E-state index in [2.05, 4.69) is 41.5 Å². The Morgan fingerprint density at radius 1 is 0.683 bits per heavy atom. The molecule has 0 spiro atoms. The maximum absolute atomic E-state index is 15.6. The fourth-order valence-electron chi connectivity index (χ4n) is 17.1. The molecule has 11 aliphatic rings. The van der Waals surface area contributed by atoms with Gasteiger partial charge in [-0.2, -0.15) is 0 Å². The van der Waals surface area contributed by atoms with Crippen LogP contribution in [0.25, 0.3) is 0 Å². The van der Waals surface area contributed by atoms with Crippen molar-refractivity contribution in [3.05, 3.63) is 0 Å². The molecule has 11 rings (SSSR count). The summed E-state index contributed by atoms with van der Waals surface area (Å²) < 4.78 is 25.9. The molecular weight excluding hydrogens is 757 g/mol. The van der Waals surface area contributed by atoms with E-state index in [0.29, 0.717) is 61.7 Å². The van der Waals surface area contributed by atoms with Gasteiger partial charge in [0.1, 0.15) is 23.4 Å². The van der Waals surface area contributed by atoms with E-state index in [0.717, 1.165) is 57.8 Å². The Labute approximate surface area is 360 Å². The van der Waals surface area contributed by atoms with Gasteiger partial charge < -0.3 is 24.1 Å². The van der Waals surface area contributed by atoms with Crippen LogP contribution in [0.4, 0.5) is 0 Å². The number of aliphatic hydroxyl groups is 1. The molecule has 1 aliphatic heterocycles. The number of ether oxygens (including phenoxy) is 4. The van der Waals surface area contributed by atoms with Crippen molar-refractivity contribution in [2.45, 2.75) is 214 Å². The molecule has 10 bridgehead atoms. The summed E-state index contributed by atoms with van der Waals surface area (Å²) in [5, 5.41) is 11.5. The fraction of sp³-hybridized carbons (Fsp3) is 0.922. The minimum Gasteiger partial charge on any atom is -0.459 e. The molecule has 60 heavy (non-hydrogen) atoms. The Kier molecular flexibility index (Phi) is 9.66. The first-order valence-corrected chi connectivity index (χ1v) is 24.3. The van der Waals surface area contributed by atoms with Gasteiger partial charge in [0.05, 0.1) is 27.8 Å². The first-order valence-electron chi connectivity index (χ1n) is 24.3. The second-order valence-corrected chi connectivity index (χ2v) is 26.2. The van der Waals surface area contributed by atoms with Crippen molar-refractivity contribution in [2.24, 2.45) is 79.8 Å². The zero-order valence-corrected chi connectivity index (χ0v) is 39.0. The second kappa shape index (κ2) is 13.4. The third-order valence-corrected chi connectivity index (χ3v) is 20.4. The molecule has 0 amide bonds. The van der Waals surface area contributed by atoms with Crippen LogP contribution in [0.15, 0.2) is 0 Å². The van der Waals surface area contributed by atoms with Gasteiger partial charge >= 0.3 is 23.9 Å². The van der Waals surface area contributed by atoms with Crippen molar-refractivity contribution in [1.82, 2.24) is 0 Å². The minimum atomic E-state index is -1.14. The number of fused-ring (bicyclic) bond motifs is 1. The summed E-state index contributed by atoms with van der Waals surface area (Å²) in [4.78, 5) is 57.5. The highest BCUT2D eigenvalue weighted by Crippen LogP contribution is 2.66. The molecule has 9 atom stereocenters. The third kappa shape index (κ3) is 6.49. The van der Waals surface area contributed by atoms with Gasteiger partial charge in [-0.25, -0.2) is 0 Å². The lowest BCUT2D eigenvalue weighted by atomic mass is 9.45. The van der Waals surface area contributed by atoms with E-state index in [1.807, 2.05) is 34.6 Å². The molecule has 1 saturated heterocycles. The second-order valence-electron chi connectivity index (χ2n) is 26.2. The van der Waals surface area contributed by atoms with Crippen molar-refractivity contribution in [1.29, 1.82) is 0 Å². The molecule has 11 fully saturated rings. The van der Waals surface area contributed by atoms with E-state index in [-0.39, 0.29) is 53.1 Å². The van der Waals surface area contributed by atoms with Crippen LogP contribution in [0.1, 0.15) is 185 Å². The molecule has 1 heterocycles. The van der Waals surface area contributed by atoms with E-state index in [4.69, 9.17) is 18.9 Å². The highest BCUT2D eigenvalue weighted by Gasteiger charge is 2.66. The topological polar surface area (TPSA) is 125 Å². The largest absolute Gasteiger partial charge is 0.459 e. The van der Waals surface area contributed by atoms with Gasteiger partial charge in [-0.1, -0.05) is 34.6 Å². The lowest BCUT2D eigenvalue weighted by molar-refractivity contribution is -0.228. The average molecular weight is 835 g/mol. The number of rotatable bonds is 14. The van der Waals surface area contributed by atoms with Crippen LogP contribution in [0.3, 0.4) is 0 Å². The van der Waals surface area contributed by atoms with Gasteiger partial charge in [0.25, 0.3) is 0 Å². The molecule has 0 aromatic heterocycles. The van der Waals surface area contributed by atoms with Crippen molar-refractivity contribution in [3.63, 3.8) is 0 Å². The maximum atomic E-state index is 15.6. The van der Waals surface area contributed by atoms with E-state index in [1.54, 1.807) is 0 Å². The Bertz CT molecular complexity index is 1760. The predicted octanol–water partition coefficient (Wildman–Crippen LogP) is 9.93. The summed E-state index contributed by atoms with van der Waals surface area (Å²) >= 11 is 0. The molecule has 10 saturated carbocycles. The zero-order valence-electron chi connectivity index (χ0n) is 39.0. The van der Waals surface area contributed by atoms with Crippen LogP contribution in [0, 0.1) is 79.8 Å². The first kappa shape index (κ1) is 43.1. The van der Waals surface area contributed by atoms with Crippen molar-refractivity contribution < 1.29 is 43.2 Å². The molecule has 9 nitrogen and oxygen atoms in total. The van der Waals surface area contributed by atoms with Crippen LogP contribution < -0.4 is 0 Å². The lowest BCUT2D eigenvalue weighted by Crippen LogP contribution is -2.61. The van der Waals surface area contributed by atoms with Crippen molar-refractivity contribution >= 4 is 23.9 Å². The highest BCUT2D eigenvalue weighted by molar-refractivity contribution is 5.81. The molecule has 10 aliphatic carbocycles. The molecule has 9 unspecified atom stereocenters. The Balaban J connectivity index is 0.999. The summed E-state index contributed by atoms with van der Waals surface area (Å²) in [5.41, 5.74) is -6.78. The number of hydrogen-bond donors (Lipinski definition) is 1. The van der Waals surface area contributed by atoms with Gasteiger partial charge in [-0.3, -0.25) is 19.2 Å². The molecule has 336 valence electrons. The molecule has 0 aromatic carbocycles. The van der Waals surface area contributed by atoms with Gasteiger partial charge in [0, 0.05) is 23.7 Å². The number of carbonyl (C=O) groups is 4. The SMILES string of the molecule is CCC(C)(C(=O)OC1C2CC3C(=O)OC1C3C2)C(C)(C)CC(C)(C(=O)OC(C)(C)C12CC3CC(CC(C3)C1)C2)C(C)(C)CC(C)(C)C(=O)OC12CC3CC(CC(O)(C3)C1)C2. The van der Waals surface area contributed by atoms with E-state index in [9.17, 15) is 19.5 Å². The Hall–Kier alpha value is -2.16. The molecule has 1 N–H and O–H groups in total. The summed E-state index contributed by atoms with van der Waals surface area (Å²) in [5.74, 6) is 2.04. The maximum Gasteiger partial charge on any atom is 0.312 e. The van der Waals surface area contributed by atoms with Gasteiger partial charge in [0.15, 0.2) is 0 Å². The standard InChI is InChI=1S/C51H78O9/c1-12-47(10,41(54)58-37-34-17-35-36(18-34)39(52)57-38(35)37)45(6,7)27-48(11,42(55)59-46(8,9)49-19-29-13-30(20-49)15-31(14-29)21-49)44(4,5)26-43(2,3)40(53)60-51-24-32-16-33(25-51)23-50(56,22-32)28-51/h29-38,56H,12-28H2,1-11H3. The Morgan fingerprint density at radius 3 is 1.78 bits per heavy atom. The molecule has 9 heteroatoms. The van der Waals surface area contributed by atoms with Gasteiger partial charge in [0.2, 0.25) is 0 Å². The highest BCUT2D eigenvalue weighted by atomic mass is 16.6. The van der Waals surface area contributed by atoms with Crippen LogP contribution in [0.5, 0.6) is 0 Å². The zero-order chi connectivity index (χ0) is 43.4. The smallest absolute Gasteiger partial charge is 0.312 e. The summed E-state index contributed by atoms with van der Waals surface area (Å²) in [6, 6.07) is 0. The summed E-state index contributed by atoms with van der Waals surface area (Å²) in [6.07, 6.45) is 14.0. The van der Waals surface area contributed by atoms with E-state index < -0.39 is 50.0 Å². The van der Waals surface area contributed by atoms with Crippen LogP contribution in [-0.2, 0) is 38.1 Å². The van der Waals surface area contributed by atoms with Crippen LogP contribution in [0.2, 0.25) is 0 Å². The third-order valence-electron chi connectivity index (χ3n) is 20.4. The summed E-state index contributed by atoms with van der Waals surface area (Å²) in [6.45, 7) is 22.6. The van der Waals surface area contributed by atoms with E-state index >= 15 is 4.79 Å². The molecular formula is C51H78O9. The summed E-state index contributed by atoms with van der Waals surface area (Å²) in [7, 11) is 0. The number of esters is 4. The minimum absolute atomic E-state index is 0.0614. The first-order chi connectivity index (χ1) is 27.7. The number of carbonyl (C=O) groups excluding carboxylic acids is 4. The van der Waals surface area contributed by atoms with Gasteiger partial charge in [-0.15, -0.1) is 0 Å². The number of hydrogen-bond acceptors (Lipinski definition) is 9. The van der Waals surface area contributed by atoms with Crippen LogP contribution >= 0.6 is 0 Å². The molecule has 0 radical (unpaired) electrons. The van der Waals surface area contributed by atoms with Crippen molar-refractivity contribution in [3.8, 4) is 0 Å².